The molecule has 5 heteroatoms. The molecule has 2 aromatic rings. The summed E-state index contributed by atoms with van der Waals surface area (Å²) in [6, 6.07) is 11.0. The largest absolute Gasteiger partial charge is 0.487 e. The van der Waals surface area contributed by atoms with Crippen LogP contribution in [0.3, 0.4) is 0 Å². The molecular formula is C16H20N2O3. The first kappa shape index (κ1) is 15.1. The van der Waals surface area contributed by atoms with Gasteiger partial charge in [0.2, 0.25) is 0 Å². The predicted molar refractivity (Wildman–Crippen MR) is 80.7 cm³/mol. The highest BCUT2D eigenvalue weighted by Crippen LogP contribution is 2.16. The summed E-state index contributed by atoms with van der Waals surface area (Å²) >= 11 is 0. The van der Waals surface area contributed by atoms with E-state index in [0.717, 1.165) is 18.8 Å². The van der Waals surface area contributed by atoms with Crippen molar-refractivity contribution in [2.45, 2.75) is 13.2 Å². The summed E-state index contributed by atoms with van der Waals surface area (Å²) in [5.41, 5.74) is 0.984. The van der Waals surface area contributed by atoms with Crippen LogP contribution in [0.5, 0.6) is 5.75 Å². The standard InChI is InChI=1S/C16H20N2O3/c1-17(2)10-11-18-9-8-14(16(19)20)15(18)12-21-13-6-4-3-5-7-13/h3-9H,10-12H2,1-2H3,(H,19,20). The maximum Gasteiger partial charge on any atom is 0.337 e. The van der Waals surface area contributed by atoms with Crippen LogP contribution < -0.4 is 4.74 Å². The lowest BCUT2D eigenvalue weighted by Gasteiger charge is -2.14. The summed E-state index contributed by atoms with van der Waals surface area (Å²) in [6.45, 7) is 1.81. The minimum absolute atomic E-state index is 0.242. The number of aromatic nitrogens is 1. The van der Waals surface area contributed by atoms with E-state index in [-0.39, 0.29) is 6.61 Å². The van der Waals surface area contributed by atoms with Gasteiger partial charge in [0, 0.05) is 19.3 Å². The summed E-state index contributed by atoms with van der Waals surface area (Å²) in [5.74, 6) is -0.195. The molecule has 0 atom stereocenters. The number of benzene rings is 1. The number of hydrogen-bond acceptors (Lipinski definition) is 3. The molecule has 0 amide bonds. The molecule has 1 aromatic heterocycles. The summed E-state index contributed by atoms with van der Waals surface area (Å²) < 4.78 is 7.63. The van der Waals surface area contributed by atoms with Crippen LogP contribution >= 0.6 is 0 Å². The SMILES string of the molecule is CN(C)CCn1ccc(C(=O)O)c1COc1ccccc1. The van der Waals surface area contributed by atoms with E-state index in [1.807, 2.05) is 49.0 Å². The molecule has 1 N–H and O–H groups in total. The van der Waals surface area contributed by atoms with Gasteiger partial charge in [-0.25, -0.2) is 4.79 Å². The van der Waals surface area contributed by atoms with Crippen LogP contribution in [-0.2, 0) is 13.2 Å². The zero-order valence-corrected chi connectivity index (χ0v) is 12.3. The number of aromatic carboxylic acids is 1. The van der Waals surface area contributed by atoms with Gasteiger partial charge in [-0.05, 0) is 32.3 Å². The quantitative estimate of drug-likeness (QED) is 0.849. The van der Waals surface area contributed by atoms with Crippen molar-refractivity contribution >= 4 is 5.97 Å². The zero-order valence-electron chi connectivity index (χ0n) is 12.3. The van der Waals surface area contributed by atoms with Gasteiger partial charge < -0.3 is 19.3 Å². The topological polar surface area (TPSA) is 54.7 Å². The van der Waals surface area contributed by atoms with E-state index >= 15 is 0 Å². The summed E-state index contributed by atoms with van der Waals surface area (Å²) in [4.78, 5) is 13.4. The average Bonchev–Trinajstić information content (AvgIpc) is 2.87. The molecule has 1 heterocycles. The number of nitrogens with zero attached hydrogens (tertiary/aromatic N) is 2. The van der Waals surface area contributed by atoms with Crippen molar-refractivity contribution in [3.05, 3.63) is 53.9 Å². The van der Waals surface area contributed by atoms with Gasteiger partial charge in [-0.15, -0.1) is 0 Å². The molecule has 21 heavy (non-hydrogen) atoms. The van der Waals surface area contributed by atoms with Gasteiger partial charge in [-0.2, -0.15) is 0 Å². The first-order chi connectivity index (χ1) is 10.1. The average molecular weight is 288 g/mol. The third kappa shape index (κ3) is 4.10. The molecule has 0 bridgehead atoms. The number of para-hydroxylation sites is 1. The van der Waals surface area contributed by atoms with Gasteiger partial charge in [0.05, 0.1) is 11.3 Å². The van der Waals surface area contributed by atoms with E-state index in [4.69, 9.17) is 4.74 Å². The molecule has 0 spiro atoms. The first-order valence-electron chi connectivity index (χ1n) is 6.82. The number of likely N-dealkylation sites (N-methyl/N-ethyl adjacent to an activating group) is 1. The molecule has 0 aliphatic heterocycles. The molecule has 0 saturated heterocycles. The van der Waals surface area contributed by atoms with E-state index in [0.29, 0.717) is 11.3 Å². The van der Waals surface area contributed by atoms with Crippen molar-refractivity contribution in [2.24, 2.45) is 0 Å². The molecule has 0 fully saturated rings. The van der Waals surface area contributed by atoms with E-state index in [2.05, 4.69) is 4.90 Å². The monoisotopic (exact) mass is 288 g/mol. The summed E-state index contributed by atoms with van der Waals surface area (Å²) in [7, 11) is 3.98. The Morgan fingerprint density at radius 1 is 1.24 bits per heavy atom. The molecule has 0 radical (unpaired) electrons. The molecule has 0 aliphatic rings. The molecule has 2 rings (SSSR count). The van der Waals surface area contributed by atoms with E-state index < -0.39 is 5.97 Å². The van der Waals surface area contributed by atoms with Gasteiger partial charge >= 0.3 is 5.97 Å². The number of rotatable bonds is 7. The Labute approximate surface area is 124 Å². The minimum atomic E-state index is -0.926. The van der Waals surface area contributed by atoms with Gasteiger partial charge in [0.25, 0.3) is 0 Å². The number of carboxylic acids is 1. The summed E-state index contributed by atoms with van der Waals surface area (Å²) in [5, 5.41) is 9.27. The molecule has 112 valence electrons. The Morgan fingerprint density at radius 3 is 2.57 bits per heavy atom. The van der Waals surface area contributed by atoms with Crippen molar-refractivity contribution in [1.82, 2.24) is 9.47 Å². The van der Waals surface area contributed by atoms with Crippen LogP contribution in [0, 0.1) is 0 Å². The molecule has 0 saturated carbocycles. The fourth-order valence-corrected chi connectivity index (χ4v) is 2.05. The van der Waals surface area contributed by atoms with Crippen LogP contribution in [0.1, 0.15) is 16.1 Å². The third-order valence-electron chi connectivity index (χ3n) is 3.22. The van der Waals surface area contributed by atoms with Crippen molar-refractivity contribution < 1.29 is 14.6 Å². The highest BCUT2D eigenvalue weighted by atomic mass is 16.5. The van der Waals surface area contributed by atoms with Crippen molar-refractivity contribution in [3.8, 4) is 5.75 Å². The van der Waals surface area contributed by atoms with Gasteiger partial charge in [-0.3, -0.25) is 0 Å². The lowest BCUT2D eigenvalue weighted by Crippen LogP contribution is -2.20. The van der Waals surface area contributed by atoms with Gasteiger partial charge in [0.15, 0.2) is 0 Å². The van der Waals surface area contributed by atoms with Crippen LogP contribution in [0.2, 0.25) is 0 Å². The van der Waals surface area contributed by atoms with Crippen LogP contribution in [-0.4, -0.2) is 41.2 Å². The number of carboxylic acid groups (broad SMARTS) is 1. The highest BCUT2D eigenvalue weighted by Gasteiger charge is 2.15. The molecule has 0 aliphatic carbocycles. The fraction of sp³-hybridized carbons (Fsp3) is 0.312. The van der Waals surface area contributed by atoms with Crippen molar-refractivity contribution in [2.75, 3.05) is 20.6 Å². The van der Waals surface area contributed by atoms with Crippen LogP contribution in [0.15, 0.2) is 42.6 Å². The van der Waals surface area contributed by atoms with E-state index in [1.54, 1.807) is 12.3 Å². The van der Waals surface area contributed by atoms with Gasteiger partial charge in [-0.1, -0.05) is 18.2 Å². The Morgan fingerprint density at radius 2 is 1.95 bits per heavy atom. The second kappa shape index (κ2) is 6.95. The second-order valence-corrected chi connectivity index (χ2v) is 5.08. The normalized spacial score (nSPS) is 10.8. The van der Waals surface area contributed by atoms with E-state index in [1.165, 1.54) is 0 Å². The Balaban J connectivity index is 2.14. The fourth-order valence-electron chi connectivity index (χ4n) is 2.05. The third-order valence-corrected chi connectivity index (χ3v) is 3.22. The van der Waals surface area contributed by atoms with Crippen LogP contribution in [0.25, 0.3) is 0 Å². The second-order valence-electron chi connectivity index (χ2n) is 5.08. The lowest BCUT2D eigenvalue weighted by molar-refractivity contribution is 0.0693. The number of hydrogen-bond donors (Lipinski definition) is 1. The zero-order chi connectivity index (χ0) is 15.2. The Bertz CT molecular complexity index is 591. The first-order valence-corrected chi connectivity index (χ1v) is 6.82. The molecule has 1 aromatic carbocycles. The summed E-state index contributed by atoms with van der Waals surface area (Å²) in [6.07, 6.45) is 1.80. The lowest BCUT2D eigenvalue weighted by atomic mass is 10.2. The molecular weight excluding hydrogens is 268 g/mol. The maximum atomic E-state index is 11.3. The van der Waals surface area contributed by atoms with E-state index in [9.17, 15) is 9.90 Å². The maximum absolute atomic E-state index is 11.3. The van der Waals surface area contributed by atoms with Gasteiger partial charge in [0.1, 0.15) is 12.4 Å². The Hall–Kier alpha value is -2.27. The Kier molecular flexibility index (Phi) is 5.00. The highest BCUT2D eigenvalue weighted by molar-refractivity contribution is 5.89. The minimum Gasteiger partial charge on any atom is -0.487 e. The smallest absolute Gasteiger partial charge is 0.337 e. The van der Waals surface area contributed by atoms with Crippen LogP contribution in [0.4, 0.5) is 0 Å². The van der Waals surface area contributed by atoms with Crippen molar-refractivity contribution in [3.63, 3.8) is 0 Å². The predicted octanol–water partition coefficient (Wildman–Crippen LogP) is 2.33. The van der Waals surface area contributed by atoms with Crippen molar-refractivity contribution in [1.29, 1.82) is 0 Å². The number of carbonyl (C=O) groups is 1. The molecule has 5 nitrogen and oxygen atoms in total. The number of ether oxygens (including phenoxy) is 1. The molecule has 0 unspecified atom stereocenters.